The highest BCUT2D eigenvalue weighted by Gasteiger charge is 2.44. The normalized spacial score (nSPS) is 30.2. The van der Waals surface area contributed by atoms with Gasteiger partial charge in [-0.1, -0.05) is 19.3 Å². The summed E-state index contributed by atoms with van der Waals surface area (Å²) in [5, 5.41) is 33.1. The smallest absolute Gasteiger partial charge is 0.167 e. The summed E-state index contributed by atoms with van der Waals surface area (Å²) < 4.78 is 7.21. The highest BCUT2D eigenvalue weighted by molar-refractivity contribution is 5.83. The van der Waals surface area contributed by atoms with E-state index >= 15 is 0 Å². The van der Waals surface area contributed by atoms with Crippen molar-refractivity contribution in [1.29, 1.82) is 0 Å². The molecule has 1 aliphatic carbocycles. The topological polar surface area (TPSA) is 126 Å². The third-order valence-electron chi connectivity index (χ3n) is 5.27. The minimum absolute atomic E-state index is 0.371. The minimum atomic E-state index is -1.17. The first kappa shape index (κ1) is 17.6. The zero-order valence-corrected chi connectivity index (χ0v) is 14.7. The molecule has 0 amide bonds. The van der Waals surface area contributed by atoms with Crippen molar-refractivity contribution in [3.8, 4) is 0 Å². The second-order valence-electron chi connectivity index (χ2n) is 7.15. The van der Waals surface area contributed by atoms with Gasteiger partial charge in [0, 0.05) is 6.04 Å². The lowest BCUT2D eigenvalue weighted by molar-refractivity contribution is -0.0511. The third kappa shape index (κ3) is 3.05. The molecule has 4 rings (SSSR count). The molecular formula is C17H25N5O4. The van der Waals surface area contributed by atoms with Crippen molar-refractivity contribution in [2.24, 2.45) is 0 Å². The Hall–Kier alpha value is -1.81. The summed E-state index contributed by atoms with van der Waals surface area (Å²) in [6.07, 6.45) is 3.42. The van der Waals surface area contributed by atoms with Crippen molar-refractivity contribution in [3.05, 3.63) is 12.2 Å². The van der Waals surface area contributed by atoms with Gasteiger partial charge in [-0.3, -0.25) is 4.57 Å². The Balaban J connectivity index is 1.67. The van der Waals surface area contributed by atoms with E-state index < -0.39 is 24.5 Å². The van der Waals surface area contributed by atoms with Crippen LogP contribution in [0.25, 0.3) is 11.2 Å². The standard InChI is InChI=1S/C17H25N5O4/c1-9-19-15(21-10-5-3-2-4-6-10)12-16(20-9)22(8-18-12)17-14(25)13(24)11(7-23)26-17/h8,10-11,13-14,17,23-25H,2-7H2,1H3,(H,19,20,21)/t11-,13?,14?,17-/m1/s1. The molecule has 9 nitrogen and oxygen atoms in total. The van der Waals surface area contributed by atoms with E-state index in [4.69, 9.17) is 4.74 Å². The zero-order chi connectivity index (χ0) is 18.3. The number of nitrogens with one attached hydrogen (secondary N) is 1. The molecule has 2 fully saturated rings. The molecule has 2 aliphatic rings. The van der Waals surface area contributed by atoms with Gasteiger partial charge < -0.3 is 25.4 Å². The summed E-state index contributed by atoms with van der Waals surface area (Å²) in [4.78, 5) is 13.4. The van der Waals surface area contributed by atoms with E-state index in [0.29, 0.717) is 28.8 Å². The molecule has 26 heavy (non-hydrogen) atoms. The molecule has 9 heteroatoms. The van der Waals surface area contributed by atoms with Gasteiger partial charge in [-0.15, -0.1) is 0 Å². The molecule has 2 aromatic rings. The van der Waals surface area contributed by atoms with Crippen LogP contribution in [0.4, 0.5) is 5.82 Å². The Bertz CT molecular complexity index is 776. The number of nitrogens with zero attached hydrogens (tertiary/aromatic N) is 4. The fourth-order valence-corrected chi connectivity index (χ4v) is 3.86. The van der Waals surface area contributed by atoms with Gasteiger partial charge >= 0.3 is 0 Å². The van der Waals surface area contributed by atoms with Gasteiger partial charge in [0.05, 0.1) is 12.9 Å². The van der Waals surface area contributed by atoms with Gasteiger partial charge in [-0.25, -0.2) is 15.0 Å². The number of ether oxygens (including phenoxy) is 1. The van der Waals surface area contributed by atoms with E-state index in [-0.39, 0.29) is 6.61 Å². The Morgan fingerprint density at radius 1 is 1.19 bits per heavy atom. The van der Waals surface area contributed by atoms with Crippen LogP contribution in [0.1, 0.15) is 44.2 Å². The van der Waals surface area contributed by atoms with Crippen molar-refractivity contribution < 1.29 is 20.1 Å². The van der Waals surface area contributed by atoms with Crippen LogP contribution in [0.15, 0.2) is 6.33 Å². The molecule has 0 spiro atoms. The number of aromatic nitrogens is 4. The molecule has 4 atom stereocenters. The van der Waals surface area contributed by atoms with Crippen molar-refractivity contribution in [2.75, 3.05) is 11.9 Å². The van der Waals surface area contributed by atoms with Crippen LogP contribution in [0, 0.1) is 6.92 Å². The molecule has 0 bridgehead atoms. The zero-order valence-electron chi connectivity index (χ0n) is 14.7. The first-order valence-electron chi connectivity index (χ1n) is 9.18. The second-order valence-corrected chi connectivity index (χ2v) is 7.15. The van der Waals surface area contributed by atoms with Gasteiger partial charge in [0.2, 0.25) is 0 Å². The lowest BCUT2D eigenvalue weighted by Crippen LogP contribution is -2.33. The predicted molar refractivity (Wildman–Crippen MR) is 93.6 cm³/mol. The van der Waals surface area contributed by atoms with Gasteiger partial charge in [0.25, 0.3) is 0 Å². The molecule has 0 aromatic carbocycles. The van der Waals surface area contributed by atoms with E-state index in [1.54, 1.807) is 11.5 Å². The molecule has 4 N–H and O–H groups in total. The van der Waals surface area contributed by atoms with Crippen LogP contribution in [0.5, 0.6) is 0 Å². The molecule has 2 aromatic heterocycles. The van der Waals surface area contributed by atoms with Crippen molar-refractivity contribution in [2.45, 2.75) is 69.6 Å². The van der Waals surface area contributed by atoms with Gasteiger partial charge in [-0.2, -0.15) is 0 Å². The Morgan fingerprint density at radius 2 is 1.96 bits per heavy atom. The Kier molecular flexibility index (Phi) is 4.78. The first-order chi connectivity index (χ1) is 12.6. The molecule has 1 aliphatic heterocycles. The van der Waals surface area contributed by atoms with Crippen molar-refractivity contribution in [1.82, 2.24) is 19.5 Å². The Labute approximate surface area is 151 Å². The number of aliphatic hydroxyl groups is 3. The minimum Gasteiger partial charge on any atom is -0.394 e. The fourth-order valence-electron chi connectivity index (χ4n) is 3.86. The molecule has 1 saturated carbocycles. The summed E-state index contributed by atoms with van der Waals surface area (Å²) >= 11 is 0. The fraction of sp³-hybridized carbons (Fsp3) is 0.706. The van der Waals surface area contributed by atoms with Crippen LogP contribution in [-0.2, 0) is 4.74 Å². The third-order valence-corrected chi connectivity index (χ3v) is 5.27. The summed E-state index contributed by atoms with van der Waals surface area (Å²) in [6, 6.07) is 0.375. The average molecular weight is 363 g/mol. The predicted octanol–water partition coefficient (Wildman–Crippen LogP) is 0.491. The molecule has 0 radical (unpaired) electrons. The first-order valence-corrected chi connectivity index (χ1v) is 9.18. The SMILES string of the molecule is Cc1nc(NC2CCCCC2)c2ncn([C@@H]3O[C@H](CO)C(O)C3O)c2n1. The van der Waals surface area contributed by atoms with Crippen LogP contribution in [0.3, 0.4) is 0 Å². The van der Waals surface area contributed by atoms with E-state index in [2.05, 4.69) is 20.3 Å². The van der Waals surface area contributed by atoms with Crippen molar-refractivity contribution in [3.63, 3.8) is 0 Å². The largest absolute Gasteiger partial charge is 0.394 e. The highest BCUT2D eigenvalue weighted by atomic mass is 16.6. The number of imidazole rings is 1. The van der Waals surface area contributed by atoms with Crippen LogP contribution in [-0.4, -0.2) is 65.8 Å². The number of aryl methyl sites for hydroxylation is 1. The van der Waals surface area contributed by atoms with E-state index in [1.165, 1.54) is 25.6 Å². The summed E-state index contributed by atoms with van der Waals surface area (Å²) in [5.74, 6) is 1.27. The quantitative estimate of drug-likeness (QED) is 0.618. The maximum Gasteiger partial charge on any atom is 0.167 e. The second kappa shape index (κ2) is 7.07. The summed E-state index contributed by atoms with van der Waals surface area (Å²) in [5.41, 5.74) is 1.14. The van der Waals surface area contributed by atoms with Gasteiger partial charge in [0.15, 0.2) is 23.2 Å². The van der Waals surface area contributed by atoms with Crippen LogP contribution >= 0.6 is 0 Å². The average Bonchev–Trinajstić information content (AvgIpc) is 3.17. The highest BCUT2D eigenvalue weighted by Crippen LogP contribution is 2.33. The van der Waals surface area contributed by atoms with E-state index in [1.807, 2.05) is 0 Å². The number of fused-ring (bicyclic) bond motifs is 1. The summed E-state index contributed by atoms with van der Waals surface area (Å²) in [6.45, 7) is 1.43. The number of anilines is 1. The number of rotatable bonds is 4. The molecular weight excluding hydrogens is 338 g/mol. The molecule has 2 unspecified atom stereocenters. The number of aliphatic hydroxyl groups excluding tert-OH is 3. The maximum atomic E-state index is 10.3. The van der Waals surface area contributed by atoms with E-state index in [9.17, 15) is 15.3 Å². The summed E-state index contributed by atoms with van der Waals surface area (Å²) in [7, 11) is 0. The number of hydrogen-bond acceptors (Lipinski definition) is 8. The van der Waals surface area contributed by atoms with Crippen LogP contribution in [0.2, 0.25) is 0 Å². The number of hydrogen-bond donors (Lipinski definition) is 4. The molecule has 142 valence electrons. The lowest BCUT2D eigenvalue weighted by atomic mass is 9.95. The van der Waals surface area contributed by atoms with E-state index in [0.717, 1.165) is 12.8 Å². The van der Waals surface area contributed by atoms with Gasteiger partial charge in [0.1, 0.15) is 24.1 Å². The molecule has 3 heterocycles. The van der Waals surface area contributed by atoms with Crippen LogP contribution < -0.4 is 5.32 Å². The maximum absolute atomic E-state index is 10.3. The monoisotopic (exact) mass is 363 g/mol. The molecule has 1 saturated heterocycles. The Morgan fingerprint density at radius 3 is 2.65 bits per heavy atom. The lowest BCUT2D eigenvalue weighted by Gasteiger charge is -2.23. The van der Waals surface area contributed by atoms with Crippen molar-refractivity contribution >= 4 is 17.0 Å². The van der Waals surface area contributed by atoms with Gasteiger partial charge in [-0.05, 0) is 19.8 Å².